The maximum atomic E-state index is 8.68. The molecule has 0 aliphatic carbocycles. The zero-order valence-electron chi connectivity index (χ0n) is 9.47. The summed E-state index contributed by atoms with van der Waals surface area (Å²) in [5.74, 6) is 0.821. The SMILES string of the molecule is Cc1cc(C(=N)NO)cc(I)c1OC(C)C. The number of hydroxylamine groups is 1. The van der Waals surface area contributed by atoms with Gasteiger partial charge in [-0.15, -0.1) is 0 Å². The van der Waals surface area contributed by atoms with E-state index in [1.165, 1.54) is 0 Å². The smallest absolute Gasteiger partial charge is 0.149 e. The molecule has 0 unspecified atom stereocenters. The third-order valence-electron chi connectivity index (χ3n) is 1.98. The minimum absolute atomic E-state index is 0.0166. The lowest BCUT2D eigenvalue weighted by molar-refractivity contribution is 0.233. The van der Waals surface area contributed by atoms with Crippen LogP contribution in [0.25, 0.3) is 0 Å². The molecule has 0 spiro atoms. The van der Waals surface area contributed by atoms with Gasteiger partial charge in [0.2, 0.25) is 0 Å². The Morgan fingerprint density at radius 2 is 2.12 bits per heavy atom. The first kappa shape index (κ1) is 13.2. The van der Waals surface area contributed by atoms with Crippen LogP contribution in [-0.2, 0) is 0 Å². The van der Waals surface area contributed by atoms with E-state index in [0.29, 0.717) is 5.56 Å². The number of hydrogen-bond donors (Lipinski definition) is 3. The number of nitrogens with one attached hydrogen (secondary N) is 2. The second-order valence-corrected chi connectivity index (χ2v) is 4.92. The van der Waals surface area contributed by atoms with Crippen molar-refractivity contribution in [3.8, 4) is 5.75 Å². The van der Waals surface area contributed by atoms with E-state index in [2.05, 4.69) is 22.6 Å². The standard InChI is InChI=1S/C11H15IN2O2/c1-6(2)16-10-7(3)4-8(5-9(10)12)11(13)14-15/h4-6,15H,1-3H3,(H2,13,14). The predicted octanol–water partition coefficient (Wildman–Crippen LogP) is 2.69. The fourth-order valence-corrected chi connectivity index (χ4v) is 2.21. The van der Waals surface area contributed by atoms with Crippen molar-refractivity contribution in [2.45, 2.75) is 26.9 Å². The molecule has 3 N–H and O–H groups in total. The van der Waals surface area contributed by atoms with Gasteiger partial charge in [-0.1, -0.05) is 0 Å². The summed E-state index contributed by atoms with van der Waals surface area (Å²) >= 11 is 2.16. The van der Waals surface area contributed by atoms with Crippen LogP contribution >= 0.6 is 22.6 Å². The highest BCUT2D eigenvalue weighted by atomic mass is 127. The van der Waals surface area contributed by atoms with Crippen LogP contribution in [0.15, 0.2) is 12.1 Å². The van der Waals surface area contributed by atoms with Crippen molar-refractivity contribution in [3.05, 3.63) is 26.8 Å². The largest absolute Gasteiger partial charge is 0.490 e. The highest BCUT2D eigenvalue weighted by Crippen LogP contribution is 2.27. The summed E-state index contributed by atoms with van der Waals surface area (Å²) in [5.41, 5.74) is 3.43. The van der Waals surface area contributed by atoms with Crippen LogP contribution in [0.2, 0.25) is 0 Å². The Kier molecular flexibility index (Phi) is 4.55. The molecule has 16 heavy (non-hydrogen) atoms. The van der Waals surface area contributed by atoms with Crippen LogP contribution in [0.4, 0.5) is 0 Å². The first-order valence-corrected chi connectivity index (χ1v) is 5.99. The van der Waals surface area contributed by atoms with E-state index in [0.717, 1.165) is 14.9 Å². The fourth-order valence-electron chi connectivity index (χ4n) is 1.32. The van der Waals surface area contributed by atoms with Gasteiger partial charge in [-0.05, 0) is 61.1 Å². The highest BCUT2D eigenvalue weighted by molar-refractivity contribution is 14.1. The predicted molar refractivity (Wildman–Crippen MR) is 71.4 cm³/mol. The molecule has 1 rings (SSSR count). The van der Waals surface area contributed by atoms with Gasteiger partial charge >= 0.3 is 0 Å². The number of aryl methyl sites for hydroxylation is 1. The Morgan fingerprint density at radius 1 is 1.50 bits per heavy atom. The van der Waals surface area contributed by atoms with Crippen molar-refractivity contribution in [1.29, 1.82) is 5.41 Å². The molecule has 0 aliphatic heterocycles. The van der Waals surface area contributed by atoms with E-state index in [1.807, 2.05) is 32.3 Å². The molecule has 0 heterocycles. The molecule has 4 nitrogen and oxygen atoms in total. The second-order valence-electron chi connectivity index (χ2n) is 3.76. The normalized spacial score (nSPS) is 10.4. The van der Waals surface area contributed by atoms with Gasteiger partial charge in [-0.3, -0.25) is 16.1 Å². The maximum Gasteiger partial charge on any atom is 0.149 e. The molecule has 0 saturated heterocycles. The minimum Gasteiger partial charge on any atom is -0.490 e. The fraction of sp³-hybridized carbons (Fsp3) is 0.364. The third kappa shape index (κ3) is 3.08. The number of rotatable bonds is 3. The van der Waals surface area contributed by atoms with E-state index in [-0.39, 0.29) is 11.9 Å². The van der Waals surface area contributed by atoms with Crippen LogP contribution in [0.1, 0.15) is 25.0 Å². The summed E-state index contributed by atoms with van der Waals surface area (Å²) in [6, 6.07) is 3.61. The average molecular weight is 334 g/mol. The average Bonchev–Trinajstić information content (AvgIpc) is 2.21. The molecule has 0 atom stereocenters. The highest BCUT2D eigenvalue weighted by Gasteiger charge is 2.11. The number of ether oxygens (including phenoxy) is 1. The summed E-state index contributed by atoms with van der Waals surface area (Å²) in [4.78, 5) is 0. The van der Waals surface area contributed by atoms with Crippen LogP contribution in [-0.4, -0.2) is 17.1 Å². The van der Waals surface area contributed by atoms with Crippen molar-refractivity contribution in [2.75, 3.05) is 0 Å². The number of amidine groups is 1. The molecule has 1 aromatic rings. The lowest BCUT2D eigenvalue weighted by Gasteiger charge is -2.15. The van der Waals surface area contributed by atoms with Gasteiger partial charge in [0.1, 0.15) is 11.6 Å². The summed E-state index contributed by atoms with van der Waals surface area (Å²) in [6.45, 7) is 5.87. The van der Waals surface area contributed by atoms with E-state index in [4.69, 9.17) is 15.4 Å². The van der Waals surface area contributed by atoms with Gasteiger partial charge in [0.25, 0.3) is 0 Å². The van der Waals surface area contributed by atoms with Gasteiger partial charge in [-0.25, -0.2) is 0 Å². The van der Waals surface area contributed by atoms with Crippen molar-refractivity contribution in [3.63, 3.8) is 0 Å². The van der Waals surface area contributed by atoms with Crippen molar-refractivity contribution >= 4 is 28.4 Å². The molecule has 0 bridgehead atoms. The number of halogens is 1. The first-order valence-electron chi connectivity index (χ1n) is 4.91. The van der Waals surface area contributed by atoms with E-state index in [9.17, 15) is 0 Å². The summed E-state index contributed by atoms with van der Waals surface area (Å²) in [6.07, 6.45) is 0.119. The monoisotopic (exact) mass is 334 g/mol. The molecule has 1 aromatic carbocycles. The number of hydrogen-bond acceptors (Lipinski definition) is 3. The van der Waals surface area contributed by atoms with Gasteiger partial charge in [0, 0.05) is 5.56 Å². The molecule has 0 aromatic heterocycles. The molecule has 5 heteroatoms. The molecule has 0 fully saturated rings. The molecular weight excluding hydrogens is 319 g/mol. The van der Waals surface area contributed by atoms with Crippen LogP contribution in [0, 0.1) is 15.9 Å². The van der Waals surface area contributed by atoms with Gasteiger partial charge in [-0.2, -0.15) is 0 Å². The van der Waals surface area contributed by atoms with E-state index < -0.39 is 0 Å². The topological polar surface area (TPSA) is 65.3 Å². The quantitative estimate of drug-likeness (QED) is 0.345. The lowest BCUT2D eigenvalue weighted by Crippen LogP contribution is -2.19. The Balaban J connectivity index is 3.12. The zero-order chi connectivity index (χ0) is 12.3. The minimum atomic E-state index is -0.0166. The zero-order valence-corrected chi connectivity index (χ0v) is 11.6. The summed E-state index contributed by atoms with van der Waals surface area (Å²) < 4.78 is 6.61. The van der Waals surface area contributed by atoms with Crippen molar-refractivity contribution in [2.24, 2.45) is 0 Å². The summed E-state index contributed by atoms with van der Waals surface area (Å²) in [5, 5.41) is 16.2. The molecule has 0 radical (unpaired) electrons. The second kappa shape index (κ2) is 5.49. The Morgan fingerprint density at radius 3 is 2.56 bits per heavy atom. The van der Waals surface area contributed by atoms with E-state index >= 15 is 0 Å². The third-order valence-corrected chi connectivity index (χ3v) is 2.78. The molecule has 0 saturated carbocycles. The molecule has 0 amide bonds. The van der Waals surface area contributed by atoms with Crippen LogP contribution in [0.3, 0.4) is 0 Å². The Labute approximate surface area is 109 Å². The van der Waals surface area contributed by atoms with Crippen LogP contribution < -0.4 is 10.2 Å². The first-order chi connectivity index (χ1) is 7.45. The molecular formula is C11H15IN2O2. The van der Waals surface area contributed by atoms with Gasteiger partial charge in [0.05, 0.1) is 9.67 Å². The van der Waals surface area contributed by atoms with Crippen LogP contribution in [0.5, 0.6) is 5.75 Å². The molecule has 88 valence electrons. The van der Waals surface area contributed by atoms with Crippen molar-refractivity contribution < 1.29 is 9.94 Å². The summed E-state index contributed by atoms with van der Waals surface area (Å²) in [7, 11) is 0. The van der Waals surface area contributed by atoms with Gasteiger partial charge < -0.3 is 4.74 Å². The lowest BCUT2D eigenvalue weighted by atomic mass is 10.1. The number of benzene rings is 1. The molecule has 0 aliphatic rings. The van der Waals surface area contributed by atoms with Crippen molar-refractivity contribution in [1.82, 2.24) is 5.48 Å². The van der Waals surface area contributed by atoms with E-state index in [1.54, 1.807) is 6.07 Å². The Bertz CT molecular complexity index is 382. The maximum absolute atomic E-state index is 8.68. The Hall–Kier alpha value is -0.820. The van der Waals surface area contributed by atoms with Gasteiger partial charge in [0.15, 0.2) is 0 Å².